The molecule has 0 radical (unpaired) electrons. The van der Waals surface area contributed by atoms with Crippen LogP contribution in [0.4, 0.5) is 4.39 Å². The SMILES string of the molecule is CN=C(NCc1cccc(Cn2cncn2)c1)NCC(C)(C)c1ccc(F)cc1Cl. The number of nitrogens with zero attached hydrogens (tertiary/aromatic N) is 4. The van der Waals surface area contributed by atoms with Crippen LogP contribution < -0.4 is 10.6 Å². The van der Waals surface area contributed by atoms with Gasteiger partial charge in [-0.2, -0.15) is 5.10 Å². The smallest absolute Gasteiger partial charge is 0.191 e. The largest absolute Gasteiger partial charge is 0.356 e. The second-order valence-corrected chi connectivity index (χ2v) is 8.11. The Bertz CT molecular complexity index is 1000. The molecule has 0 fully saturated rings. The van der Waals surface area contributed by atoms with E-state index in [2.05, 4.69) is 57.8 Å². The minimum absolute atomic E-state index is 0.305. The fourth-order valence-corrected chi connectivity index (χ4v) is 3.61. The average molecular weight is 429 g/mol. The number of hydrogen-bond donors (Lipinski definition) is 2. The summed E-state index contributed by atoms with van der Waals surface area (Å²) in [6.45, 7) is 6.00. The average Bonchev–Trinajstić information content (AvgIpc) is 3.21. The second-order valence-electron chi connectivity index (χ2n) is 7.70. The van der Waals surface area contributed by atoms with E-state index >= 15 is 0 Å². The Balaban J connectivity index is 1.57. The number of benzene rings is 2. The summed E-state index contributed by atoms with van der Waals surface area (Å²) in [6.07, 6.45) is 3.23. The molecule has 6 nitrogen and oxygen atoms in total. The zero-order valence-corrected chi connectivity index (χ0v) is 18.1. The lowest BCUT2D eigenvalue weighted by molar-refractivity contribution is 0.507. The van der Waals surface area contributed by atoms with Gasteiger partial charge in [0.05, 0.1) is 6.54 Å². The van der Waals surface area contributed by atoms with Crippen molar-refractivity contribution in [1.29, 1.82) is 0 Å². The third-order valence-electron chi connectivity index (χ3n) is 4.84. The number of nitrogens with one attached hydrogen (secondary N) is 2. The van der Waals surface area contributed by atoms with Crippen LogP contribution in [0.25, 0.3) is 0 Å². The van der Waals surface area contributed by atoms with E-state index in [9.17, 15) is 4.39 Å². The molecule has 0 aliphatic carbocycles. The number of hydrogen-bond acceptors (Lipinski definition) is 3. The molecule has 0 unspecified atom stereocenters. The Kier molecular flexibility index (Phi) is 7.05. The van der Waals surface area contributed by atoms with Crippen molar-refractivity contribution >= 4 is 17.6 Å². The summed E-state index contributed by atoms with van der Waals surface area (Å²) in [6, 6.07) is 12.8. The summed E-state index contributed by atoms with van der Waals surface area (Å²) >= 11 is 6.25. The van der Waals surface area contributed by atoms with Gasteiger partial charge in [0.2, 0.25) is 0 Å². The lowest BCUT2D eigenvalue weighted by Crippen LogP contribution is -2.43. The van der Waals surface area contributed by atoms with Crippen LogP contribution in [-0.2, 0) is 18.5 Å². The van der Waals surface area contributed by atoms with E-state index in [1.807, 2.05) is 6.07 Å². The summed E-state index contributed by atoms with van der Waals surface area (Å²) in [4.78, 5) is 8.27. The molecule has 8 heteroatoms. The van der Waals surface area contributed by atoms with Crippen molar-refractivity contribution in [2.75, 3.05) is 13.6 Å². The summed E-state index contributed by atoms with van der Waals surface area (Å²) in [7, 11) is 1.73. The molecule has 1 aromatic heterocycles. The van der Waals surface area contributed by atoms with Gasteiger partial charge in [-0.3, -0.25) is 4.99 Å². The van der Waals surface area contributed by atoms with Crippen LogP contribution in [0.1, 0.15) is 30.5 Å². The van der Waals surface area contributed by atoms with Gasteiger partial charge in [-0.1, -0.05) is 55.8 Å². The van der Waals surface area contributed by atoms with Gasteiger partial charge in [0.25, 0.3) is 0 Å². The van der Waals surface area contributed by atoms with Crippen LogP contribution in [0, 0.1) is 5.82 Å². The zero-order chi connectivity index (χ0) is 21.6. The van der Waals surface area contributed by atoms with Crippen molar-refractivity contribution in [2.24, 2.45) is 4.99 Å². The highest BCUT2D eigenvalue weighted by atomic mass is 35.5. The third-order valence-corrected chi connectivity index (χ3v) is 5.16. The molecule has 30 heavy (non-hydrogen) atoms. The molecule has 0 saturated heterocycles. The molecular weight excluding hydrogens is 403 g/mol. The van der Waals surface area contributed by atoms with Gasteiger partial charge >= 0.3 is 0 Å². The number of halogens is 2. The van der Waals surface area contributed by atoms with E-state index < -0.39 is 0 Å². The number of guanidine groups is 1. The molecule has 0 spiro atoms. The summed E-state index contributed by atoms with van der Waals surface area (Å²) in [5.41, 5.74) is 2.86. The Hall–Kier alpha value is -2.93. The Morgan fingerprint density at radius 3 is 2.67 bits per heavy atom. The maximum absolute atomic E-state index is 13.4. The van der Waals surface area contributed by atoms with Crippen LogP contribution in [0.5, 0.6) is 0 Å². The molecule has 0 bridgehead atoms. The first-order valence-electron chi connectivity index (χ1n) is 9.67. The van der Waals surface area contributed by atoms with Gasteiger partial charge in [0.15, 0.2) is 5.96 Å². The van der Waals surface area contributed by atoms with E-state index in [0.717, 1.165) is 16.7 Å². The molecule has 2 N–H and O–H groups in total. The fourth-order valence-electron chi connectivity index (χ4n) is 3.18. The Morgan fingerprint density at radius 2 is 1.97 bits per heavy atom. The normalized spacial score (nSPS) is 12.1. The van der Waals surface area contributed by atoms with Crippen molar-refractivity contribution in [3.63, 3.8) is 0 Å². The highest BCUT2D eigenvalue weighted by Gasteiger charge is 2.24. The van der Waals surface area contributed by atoms with Crippen molar-refractivity contribution in [3.05, 3.63) is 82.6 Å². The molecule has 0 amide bonds. The fraction of sp³-hybridized carbons (Fsp3) is 0.318. The standard InChI is InChI=1S/C22H26ClFN6/c1-22(2,19-8-7-18(24)10-20(19)23)13-28-21(25-3)27-11-16-5-4-6-17(9-16)12-30-15-26-14-29-30/h4-10,14-15H,11-13H2,1-3H3,(H2,25,27,28). The van der Waals surface area contributed by atoms with E-state index in [0.29, 0.717) is 30.6 Å². The quantitative estimate of drug-likeness (QED) is 0.444. The van der Waals surface area contributed by atoms with E-state index in [1.54, 1.807) is 24.1 Å². The van der Waals surface area contributed by atoms with Gasteiger partial charge < -0.3 is 10.6 Å². The molecule has 0 saturated carbocycles. The van der Waals surface area contributed by atoms with Gasteiger partial charge in [-0.05, 0) is 28.8 Å². The predicted octanol–water partition coefficient (Wildman–Crippen LogP) is 3.76. The lowest BCUT2D eigenvalue weighted by atomic mass is 9.84. The lowest BCUT2D eigenvalue weighted by Gasteiger charge is -2.27. The van der Waals surface area contributed by atoms with Crippen molar-refractivity contribution in [2.45, 2.75) is 32.4 Å². The van der Waals surface area contributed by atoms with E-state index in [1.165, 1.54) is 18.5 Å². The number of rotatable bonds is 7. The molecule has 1 heterocycles. The van der Waals surface area contributed by atoms with Gasteiger partial charge in [-0.25, -0.2) is 14.1 Å². The van der Waals surface area contributed by atoms with Crippen LogP contribution in [0.2, 0.25) is 5.02 Å². The minimum Gasteiger partial charge on any atom is -0.356 e. The van der Waals surface area contributed by atoms with Crippen LogP contribution in [0.3, 0.4) is 0 Å². The van der Waals surface area contributed by atoms with Gasteiger partial charge in [0.1, 0.15) is 18.5 Å². The molecule has 3 aromatic rings. The Labute approximate surface area is 181 Å². The molecule has 2 aromatic carbocycles. The van der Waals surface area contributed by atoms with Crippen molar-refractivity contribution < 1.29 is 4.39 Å². The second kappa shape index (κ2) is 9.71. The van der Waals surface area contributed by atoms with E-state index in [4.69, 9.17) is 11.6 Å². The van der Waals surface area contributed by atoms with Crippen LogP contribution in [0.15, 0.2) is 60.1 Å². The maximum atomic E-state index is 13.4. The summed E-state index contributed by atoms with van der Waals surface area (Å²) < 4.78 is 15.2. The van der Waals surface area contributed by atoms with Gasteiger partial charge in [0, 0.05) is 30.6 Å². The molecule has 158 valence electrons. The topological polar surface area (TPSA) is 67.1 Å². The van der Waals surface area contributed by atoms with Gasteiger partial charge in [-0.15, -0.1) is 0 Å². The molecule has 0 atom stereocenters. The zero-order valence-electron chi connectivity index (χ0n) is 17.4. The highest BCUT2D eigenvalue weighted by molar-refractivity contribution is 6.31. The summed E-state index contributed by atoms with van der Waals surface area (Å²) in [5, 5.41) is 11.2. The first kappa shape index (κ1) is 21.8. The van der Waals surface area contributed by atoms with Crippen LogP contribution >= 0.6 is 11.6 Å². The molecule has 0 aliphatic heterocycles. The monoisotopic (exact) mass is 428 g/mol. The highest BCUT2D eigenvalue weighted by Crippen LogP contribution is 2.29. The van der Waals surface area contributed by atoms with Crippen molar-refractivity contribution in [3.8, 4) is 0 Å². The van der Waals surface area contributed by atoms with Crippen molar-refractivity contribution in [1.82, 2.24) is 25.4 Å². The maximum Gasteiger partial charge on any atom is 0.191 e. The first-order valence-corrected chi connectivity index (χ1v) is 10.1. The number of aromatic nitrogens is 3. The van der Waals surface area contributed by atoms with E-state index in [-0.39, 0.29) is 11.2 Å². The molecular formula is C22H26ClFN6. The van der Waals surface area contributed by atoms with Crippen LogP contribution in [-0.4, -0.2) is 34.3 Å². The third kappa shape index (κ3) is 5.79. The summed E-state index contributed by atoms with van der Waals surface area (Å²) in [5.74, 6) is 0.346. The Morgan fingerprint density at radius 1 is 1.17 bits per heavy atom. The first-order chi connectivity index (χ1) is 14.4. The molecule has 0 aliphatic rings. The predicted molar refractivity (Wildman–Crippen MR) is 118 cm³/mol. The number of aliphatic imine (C=N–C) groups is 1. The minimum atomic E-state index is -0.337. The molecule has 3 rings (SSSR count).